The van der Waals surface area contributed by atoms with Gasteiger partial charge in [0.1, 0.15) is 0 Å². The molecule has 1 radical (unpaired) electrons. The molecule has 0 aliphatic rings. The summed E-state index contributed by atoms with van der Waals surface area (Å²) in [6.07, 6.45) is 5.78. The highest BCUT2D eigenvalue weighted by atomic mass is 16.3. The summed E-state index contributed by atoms with van der Waals surface area (Å²) < 4.78 is 0. The van der Waals surface area contributed by atoms with Crippen LogP contribution in [0.5, 0.6) is 5.75 Å². The van der Waals surface area contributed by atoms with Crippen LogP contribution < -0.4 is 0 Å². The van der Waals surface area contributed by atoms with Crippen LogP contribution in [-0.4, -0.2) is 0 Å². The molecule has 1 heteroatoms. The maximum Gasteiger partial charge on any atom is 0.189 e. The molecule has 2 rings (SSSR count). The van der Waals surface area contributed by atoms with Crippen molar-refractivity contribution in [1.29, 1.82) is 0 Å². The first-order chi connectivity index (χ1) is 8.33. The molecule has 0 saturated heterocycles. The van der Waals surface area contributed by atoms with Crippen LogP contribution in [0.4, 0.5) is 0 Å². The largest absolute Gasteiger partial charge is 0.289 e. The molecule has 0 aromatic heterocycles. The van der Waals surface area contributed by atoms with E-state index in [4.69, 9.17) is 0 Å². The standard InChI is InChI=1S/C16H19O/c1-2-3-4-5-9-14-12-11-13-8-6-7-10-15(13)16(14)17/h6-8,10-12H,2-5,9H2,1H3. The third-order valence-electron chi connectivity index (χ3n) is 3.26. The molecule has 0 saturated carbocycles. The van der Waals surface area contributed by atoms with Crippen LogP contribution in [0.25, 0.3) is 10.8 Å². The zero-order valence-corrected chi connectivity index (χ0v) is 10.4. The van der Waals surface area contributed by atoms with E-state index < -0.39 is 0 Å². The van der Waals surface area contributed by atoms with Gasteiger partial charge in [-0.05, 0) is 18.2 Å². The average Bonchev–Trinajstić information content (AvgIpc) is 2.37. The molecule has 89 valence electrons. The van der Waals surface area contributed by atoms with E-state index in [1.165, 1.54) is 19.3 Å². The predicted molar refractivity (Wildman–Crippen MR) is 71.9 cm³/mol. The molecule has 1 nitrogen and oxygen atoms in total. The molecule has 0 spiro atoms. The third-order valence-corrected chi connectivity index (χ3v) is 3.26. The van der Waals surface area contributed by atoms with Crippen molar-refractivity contribution < 1.29 is 5.11 Å². The SMILES string of the molecule is CCCCCCc1ccc2ccccc2c1[O]. The molecule has 17 heavy (non-hydrogen) atoms. The van der Waals surface area contributed by atoms with Crippen molar-refractivity contribution in [1.82, 2.24) is 0 Å². The Kier molecular flexibility index (Phi) is 4.03. The van der Waals surface area contributed by atoms with E-state index in [2.05, 4.69) is 13.0 Å². The van der Waals surface area contributed by atoms with Crippen LogP contribution in [0.1, 0.15) is 38.2 Å². The van der Waals surface area contributed by atoms with E-state index in [-0.39, 0.29) is 5.75 Å². The van der Waals surface area contributed by atoms with Crippen molar-refractivity contribution in [3.05, 3.63) is 42.0 Å². The van der Waals surface area contributed by atoms with E-state index in [1.807, 2.05) is 30.3 Å². The highest BCUT2D eigenvalue weighted by Gasteiger charge is 2.07. The number of fused-ring (bicyclic) bond motifs is 1. The zero-order chi connectivity index (χ0) is 12.1. The molecule has 0 bridgehead atoms. The van der Waals surface area contributed by atoms with Crippen molar-refractivity contribution in [3.8, 4) is 5.75 Å². The van der Waals surface area contributed by atoms with Crippen LogP contribution in [0, 0.1) is 0 Å². The Bertz CT molecular complexity index is 488. The van der Waals surface area contributed by atoms with E-state index in [9.17, 15) is 5.11 Å². The summed E-state index contributed by atoms with van der Waals surface area (Å²) in [5, 5.41) is 14.1. The summed E-state index contributed by atoms with van der Waals surface area (Å²) in [5.41, 5.74) is 0.972. The molecule has 2 aromatic rings. The Hall–Kier alpha value is -1.50. The second kappa shape index (κ2) is 5.72. The monoisotopic (exact) mass is 227 g/mol. The minimum atomic E-state index is 0.222. The number of unbranched alkanes of at least 4 members (excludes halogenated alkanes) is 3. The number of hydrogen-bond acceptors (Lipinski definition) is 0. The molecular weight excluding hydrogens is 208 g/mol. The van der Waals surface area contributed by atoms with E-state index in [0.717, 1.165) is 29.2 Å². The molecule has 0 unspecified atom stereocenters. The zero-order valence-electron chi connectivity index (χ0n) is 10.4. The van der Waals surface area contributed by atoms with Gasteiger partial charge < -0.3 is 0 Å². The van der Waals surface area contributed by atoms with Gasteiger partial charge in [0, 0.05) is 10.9 Å². The van der Waals surface area contributed by atoms with E-state index in [0.29, 0.717) is 0 Å². The van der Waals surface area contributed by atoms with Crippen molar-refractivity contribution in [2.24, 2.45) is 0 Å². The van der Waals surface area contributed by atoms with E-state index in [1.54, 1.807) is 0 Å². The van der Waals surface area contributed by atoms with E-state index >= 15 is 0 Å². The van der Waals surface area contributed by atoms with Gasteiger partial charge in [-0.1, -0.05) is 62.6 Å². The maximum atomic E-state index is 12.2. The molecular formula is C16H19O. The summed E-state index contributed by atoms with van der Waals surface area (Å²) in [6, 6.07) is 11.9. The van der Waals surface area contributed by atoms with Crippen molar-refractivity contribution >= 4 is 10.8 Å². The Balaban J connectivity index is 2.15. The predicted octanol–water partition coefficient (Wildman–Crippen LogP) is 5.11. The van der Waals surface area contributed by atoms with Gasteiger partial charge in [-0.2, -0.15) is 0 Å². The van der Waals surface area contributed by atoms with Gasteiger partial charge in [0.25, 0.3) is 0 Å². The van der Waals surface area contributed by atoms with Gasteiger partial charge in [0.15, 0.2) is 5.75 Å². The molecule has 0 aliphatic carbocycles. The second-order valence-electron chi connectivity index (χ2n) is 4.59. The fraction of sp³-hybridized carbons (Fsp3) is 0.375. The topological polar surface area (TPSA) is 19.9 Å². The molecule has 0 fully saturated rings. The lowest BCUT2D eigenvalue weighted by Gasteiger charge is -2.05. The van der Waals surface area contributed by atoms with Crippen molar-refractivity contribution in [2.45, 2.75) is 39.0 Å². The molecule has 0 heterocycles. The van der Waals surface area contributed by atoms with Gasteiger partial charge in [-0.3, -0.25) is 5.11 Å². The van der Waals surface area contributed by atoms with Crippen LogP contribution >= 0.6 is 0 Å². The smallest absolute Gasteiger partial charge is 0.189 e. The van der Waals surface area contributed by atoms with Crippen LogP contribution in [0.2, 0.25) is 0 Å². The van der Waals surface area contributed by atoms with Gasteiger partial charge in [0.2, 0.25) is 0 Å². The highest BCUT2D eigenvalue weighted by molar-refractivity contribution is 5.89. The summed E-state index contributed by atoms with van der Waals surface area (Å²) in [6.45, 7) is 2.20. The van der Waals surface area contributed by atoms with Gasteiger partial charge >= 0.3 is 0 Å². The van der Waals surface area contributed by atoms with Gasteiger partial charge in [0.05, 0.1) is 0 Å². The quantitative estimate of drug-likeness (QED) is 0.633. The molecule has 0 amide bonds. The fourth-order valence-electron chi connectivity index (χ4n) is 2.23. The Labute approximate surface area is 103 Å². The Morgan fingerprint density at radius 1 is 0.941 bits per heavy atom. The summed E-state index contributed by atoms with van der Waals surface area (Å²) in [5.74, 6) is 0.222. The summed E-state index contributed by atoms with van der Waals surface area (Å²) >= 11 is 0. The Morgan fingerprint density at radius 3 is 2.59 bits per heavy atom. The summed E-state index contributed by atoms with van der Waals surface area (Å²) in [4.78, 5) is 0. The lowest BCUT2D eigenvalue weighted by Crippen LogP contribution is -1.87. The van der Waals surface area contributed by atoms with Crippen molar-refractivity contribution in [3.63, 3.8) is 0 Å². The summed E-state index contributed by atoms with van der Waals surface area (Å²) in [7, 11) is 0. The minimum Gasteiger partial charge on any atom is -0.289 e. The number of rotatable bonds is 5. The lowest BCUT2D eigenvalue weighted by molar-refractivity contribution is 0.354. The molecule has 2 aromatic carbocycles. The first-order valence-corrected chi connectivity index (χ1v) is 6.50. The van der Waals surface area contributed by atoms with Gasteiger partial charge in [-0.15, -0.1) is 0 Å². The van der Waals surface area contributed by atoms with Crippen LogP contribution in [0.15, 0.2) is 36.4 Å². The Morgan fingerprint density at radius 2 is 1.76 bits per heavy atom. The number of benzene rings is 2. The average molecular weight is 227 g/mol. The minimum absolute atomic E-state index is 0.222. The maximum absolute atomic E-state index is 12.2. The van der Waals surface area contributed by atoms with Crippen molar-refractivity contribution in [2.75, 3.05) is 0 Å². The first kappa shape index (κ1) is 12.0. The molecule has 0 aliphatic heterocycles. The van der Waals surface area contributed by atoms with Crippen LogP contribution in [-0.2, 0) is 11.5 Å². The second-order valence-corrected chi connectivity index (χ2v) is 4.59. The normalized spacial score (nSPS) is 10.9. The third kappa shape index (κ3) is 2.79. The fourth-order valence-corrected chi connectivity index (χ4v) is 2.23. The molecule has 0 N–H and O–H groups in total. The first-order valence-electron chi connectivity index (χ1n) is 6.50. The molecule has 0 atom stereocenters. The highest BCUT2D eigenvalue weighted by Crippen LogP contribution is 2.30. The van der Waals surface area contributed by atoms with Crippen LogP contribution in [0.3, 0.4) is 0 Å². The van der Waals surface area contributed by atoms with Gasteiger partial charge in [-0.25, -0.2) is 0 Å². The lowest BCUT2D eigenvalue weighted by atomic mass is 10.0. The number of hydrogen-bond donors (Lipinski definition) is 0. The number of aryl methyl sites for hydroxylation is 1.